The van der Waals surface area contributed by atoms with Crippen molar-refractivity contribution in [2.75, 3.05) is 13.1 Å². The predicted molar refractivity (Wildman–Crippen MR) is 91.2 cm³/mol. The molecule has 4 unspecified atom stereocenters. The first-order chi connectivity index (χ1) is 11.2. The van der Waals surface area contributed by atoms with Crippen LogP contribution in [0.2, 0.25) is 0 Å². The van der Waals surface area contributed by atoms with Crippen LogP contribution in [-0.4, -0.2) is 36.1 Å². The van der Waals surface area contributed by atoms with E-state index in [9.17, 15) is 18.0 Å². The molecule has 0 aromatic rings. The number of rotatable bonds is 2. The van der Waals surface area contributed by atoms with Crippen molar-refractivity contribution < 1.29 is 18.0 Å². The largest absolute Gasteiger partial charge is 0.394 e. The number of hydrogen-bond acceptors (Lipinski definition) is 2. The first-order valence-electron chi connectivity index (χ1n) is 9.26. The number of likely N-dealkylation sites (tertiary alicyclic amines) is 1. The maximum absolute atomic E-state index is 13.9. The van der Waals surface area contributed by atoms with Crippen molar-refractivity contribution in [3.05, 3.63) is 0 Å². The van der Waals surface area contributed by atoms with Gasteiger partial charge in [-0.1, -0.05) is 0 Å². The summed E-state index contributed by atoms with van der Waals surface area (Å²) in [6.45, 7) is 3.17. The Morgan fingerprint density at radius 1 is 1.16 bits per heavy atom. The number of alkyl halides is 3. The van der Waals surface area contributed by atoms with E-state index in [0.29, 0.717) is 25.9 Å². The zero-order valence-electron chi connectivity index (χ0n) is 14.6. The van der Waals surface area contributed by atoms with Crippen LogP contribution in [0.4, 0.5) is 13.2 Å². The minimum absolute atomic E-state index is 0. The third-order valence-electron chi connectivity index (χ3n) is 7.37. The number of hydrogen-bond donors (Lipinski definition) is 1. The monoisotopic (exact) mass is 380 g/mol. The lowest BCUT2D eigenvalue weighted by molar-refractivity contribution is -0.284. The Morgan fingerprint density at radius 3 is 2.24 bits per heavy atom. The van der Waals surface area contributed by atoms with Gasteiger partial charge in [-0.25, -0.2) is 0 Å². The van der Waals surface area contributed by atoms with Gasteiger partial charge in [0.2, 0.25) is 5.91 Å². The Labute approximate surface area is 153 Å². The van der Waals surface area contributed by atoms with Gasteiger partial charge in [0, 0.05) is 12.6 Å². The first-order valence-corrected chi connectivity index (χ1v) is 9.26. The van der Waals surface area contributed by atoms with Crippen LogP contribution in [0.5, 0.6) is 0 Å². The number of nitrogens with two attached hydrogens (primary N) is 1. The summed E-state index contributed by atoms with van der Waals surface area (Å²) < 4.78 is 41.6. The van der Waals surface area contributed by atoms with Gasteiger partial charge in [0.25, 0.3) is 0 Å². The molecule has 1 heterocycles. The zero-order valence-corrected chi connectivity index (χ0v) is 15.5. The summed E-state index contributed by atoms with van der Waals surface area (Å²) in [6, 6.07) is 0.0980. The molecule has 1 amide bonds. The van der Waals surface area contributed by atoms with Crippen LogP contribution in [0.3, 0.4) is 0 Å². The summed E-state index contributed by atoms with van der Waals surface area (Å²) in [6.07, 6.45) is -0.610. The van der Waals surface area contributed by atoms with E-state index < -0.39 is 17.0 Å². The van der Waals surface area contributed by atoms with Gasteiger partial charge in [-0.15, -0.1) is 12.4 Å². The second-order valence-electron chi connectivity index (χ2n) is 9.16. The lowest BCUT2D eigenvalue weighted by Crippen LogP contribution is -2.62. The van der Waals surface area contributed by atoms with E-state index in [0.717, 1.165) is 12.8 Å². The highest BCUT2D eigenvalue weighted by Crippen LogP contribution is 2.69. The standard InChI is InChI=1S/C18H27F3N2O.ClH/c1-11-2-14(8-22)9-23(11)15(24)16-4-12-3-13(5-16)7-17(6-12,10-16)18(19,20)21;/h11-14H,2-10,22H2,1H3;1H. The van der Waals surface area contributed by atoms with E-state index in [1.165, 1.54) is 0 Å². The molecule has 0 spiro atoms. The molecule has 25 heavy (non-hydrogen) atoms. The third kappa shape index (κ3) is 2.78. The van der Waals surface area contributed by atoms with E-state index in [-0.39, 0.29) is 61.4 Å². The minimum atomic E-state index is -4.19. The second kappa shape index (κ2) is 6.01. The molecule has 4 aliphatic carbocycles. The maximum atomic E-state index is 13.9. The Bertz CT molecular complexity index is 539. The molecule has 3 nitrogen and oxygen atoms in total. The Hall–Kier alpha value is -0.490. The van der Waals surface area contributed by atoms with Crippen LogP contribution in [0.1, 0.15) is 51.9 Å². The van der Waals surface area contributed by atoms with Crippen molar-refractivity contribution in [1.82, 2.24) is 4.90 Å². The fourth-order valence-electron chi connectivity index (χ4n) is 6.75. The molecule has 1 saturated heterocycles. The quantitative estimate of drug-likeness (QED) is 0.793. The van der Waals surface area contributed by atoms with Crippen LogP contribution < -0.4 is 5.73 Å². The highest BCUT2D eigenvalue weighted by atomic mass is 35.5. The highest BCUT2D eigenvalue weighted by molar-refractivity contribution is 5.85. The zero-order chi connectivity index (χ0) is 17.3. The van der Waals surface area contributed by atoms with E-state index in [4.69, 9.17) is 5.73 Å². The Kier molecular flexibility index (Phi) is 4.64. The normalized spacial score (nSPS) is 45.6. The van der Waals surface area contributed by atoms with Crippen molar-refractivity contribution >= 4 is 18.3 Å². The minimum Gasteiger partial charge on any atom is -0.339 e. The van der Waals surface area contributed by atoms with Gasteiger partial charge < -0.3 is 10.6 Å². The Morgan fingerprint density at radius 2 is 1.76 bits per heavy atom. The van der Waals surface area contributed by atoms with Crippen LogP contribution >= 0.6 is 12.4 Å². The van der Waals surface area contributed by atoms with Gasteiger partial charge in [0.05, 0.1) is 10.8 Å². The van der Waals surface area contributed by atoms with Gasteiger partial charge >= 0.3 is 6.18 Å². The molecular formula is C18H28ClF3N2O. The predicted octanol–water partition coefficient (Wildman–Crippen LogP) is 3.75. The molecule has 5 aliphatic rings. The van der Waals surface area contributed by atoms with Gasteiger partial charge in [-0.2, -0.15) is 13.2 Å². The molecule has 4 bridgehead atoms. The first kappa shape index (κ1) is 19.3. The van der Waals surface area contributed by atoms with Crippen molar-refractivity contribution in [2.45, 2.75) is 64.1 Å². The van der Waals surface area contributed by atoms with Crippen molar-refractivity contribution in [3.8, 4) is 0 Å². The second-order valence-corrected chi connectivity index (χ2v) is 9.16. The Balaban J connectivity index is 0.00000182. The summed E-state index contributed by atoms with van der Waals surface area (Å²) >= 11 is 0. The molecule has 0 aromatic heterocycles. The molecule has 2 N–H and O–H groups in total. The number of halogens is 4. The summed E-state index contributed by atoms with van der Waals surface area (Å²) in [5.74, 6) is 0.420. The summed E-state index contributed by atoms with van der Waals surface area (Å²) in [5, 5.41) is 0. The molecule has 1 aliphatic heterocycles. The SMILES string of the molecule is CC1CC(CN)CN1C(=O)C12CC3CC(C1)CC(C(F)(F)F)(C3)C2.Cl. The van der Waals surface area contributed by atoms with Gasteiger partial charge in [-0.3, -0.25) is 4.79 Å². The summed E-state index contributed by atoms with van der Waals surface area (Å²) in [5.41, 5.74) is 3.38. The average Bonchev–Trinajstić information content (AvgIpc) is 2.85. The smallest absolute Gasteiger partial charge is 0.339 e. The lowest BCUT2D eigenvalue weighted by Gasteiger charge is -2.62. The molecule has 0 radical (unpaired) electrons. The fraction of sp³-hybridized carbons (Fsp3) is 0.944. The van der Waals surface area contributed by atoms with Crippen LogP contribution in [0.15, 0.2) is 0 Å². The summed E-state index contributed by atoms with van der Waals surface area (Å²) in [7, 11) is 0. The maximum Gasteiger partial charge on any atom is 0.394 e. The van der Waals surface area contributed by atoms with Gasteiger partial charge in [-0.05, 0) is 76.2 Å². The highest BCUT2D eigenvalue weighted by Gasteiger charge is 2.69. The number of carbonyl (C=O) groups excluding carboxylic acids is 1. The van der Waals surface area contributed by atoms with Crippen molar-refractivity contribution in [3.63, 3.8) is 0 Å². The van der Waals surface area contributed by atoms with Crippen LogP contribution in [0, 0.1) is 28.6 Å². The molecule has 5 rings (SSSR count). The van der Waals surface area contributed by atoms with Crippen molar-refractivity contribution in [1.29, 1.82) is 0 Å². The third-order valence-corrected chi connectivity index (χ3v) is 7.37. The van der Waals surface area contributed by atoms with Gasteiger partial charge in [0.1, 0.15) is 0 Å². The molecule has 4 atom stereocenters. The number of amides is 1. The fourth-order valence-corrected chi connectivity index (χ4v) is 6.75. The molecule has 7 heteroatoms. The lowest BCUT2D eigenvalue weighted by atomic mass is 9.43. The molecule has 144 valence electrons. The number of nitrogens with zero attached hydrogens (tertiary/aromatic N) is 1. The molecule has 4 saturated carbocycles. The van der Waals surface area contributed by atoms with Gasteiger partial charge in [0.15, 0.2) is 0 Å². The van der Waals surface area contributed by atoms with E-state index in [2.05, 4.69) is 0 Å². The molecular weight excluding hydrogens is 353 g/mol. The number of carbonyl (C=O) groups is 1. The molecule has 5 fully saturated rings. The van der Waals surface area contributed by atoms with E-state index in [1.54, 1.807) is 0 Å². The van der Waals surface area contributed by atoms with E-state index in [1.807, 2.05) is 11.8 Å². The molecule has 0 aromatic carbocycles. The van der Waals surface area contributed by atoms with E-state index >= 15 is 0 Å². The van der Waals surface area contributed by atoms with Crippen LogP contribution in [0.25, 0.3) is 0 Å². The average molecular weight is 381 g/mol. The topological polar surface area (TPSA) is 46.3 Å². The van der Waals surface area contributed by atoms with Crippen LogP contribution in [-0.2, 0) is 4.79 Å². The summed E-state index contributed by atoms with van der Waals surface area (Å²) in [4.78, 5) is 15.2. The van der Waals surface area contributed by atoms with Crippen molar-refractivity contribution in [2.24, 2.45) is 34.3 Å².